The van der Waals surface area contributed by atoms with Crippen LogP contribution in [0.25, 0.3) is 0 Å². The Labute approximate surface area is 171 Å². The van der Waals surface area contributed by atoms with Crippen LogP contribution in [0.1, 0.15) is 39.0 Å². The van der Waals surface area contributed by atoms with Gasteiger partial charge in [-0.1, -0.05) is 13.3 Å². The van der Waals surface area contributed by atoms with Gasteiger partial charge in [0.25, 0.3) is 10.0 Å². The molecule has 1 heterocycles. The van der Waals surface area contributed by atoms with Crippen LogP contribution in [0.15, 0.2) is 47.6 Å². The monoisotopic (exact) mass is 419 g/mol. The smallest absolute Gasteiger partial charge is 0.264 e. The van der Waals surface area contributed by atoms with E-state index in [1.54, 1.807) is 18.2 Å². The van der Waals surface area contributed by atoms with Crippen molar-refractivity contribution in [1.82, 2.24) is 15.3 Å². The summed E-state index contributed by atoms with van der Waals surface area (Å²) in [5.41, 5.74) is 0.731. The Morgan fingerprint density at radius 1 is 1.11 bits per heavy atom. The number of hydrogen-bond donors (Lipinski definition) is 3. The summed E-state index contributed by atoms with van der Waals surface area (Å²) in [5, 5.41) is 7.05. The molecule has 1 aromatic heterocycles. The highest BCUT2D eigenvalue weighted by atomic mass is 32.2. The van der Waals surface area contributed by atoms with Crippen molar-refractivity contribution in [3.8, 4) is 0 Å². The summed E-state index contributed by atoms with van der Waals surface area (Å²) in [6, 6.07) is 8.42. The number of rotatable bonds is 6. The van der Waals surface area contributed by atoms with Gasteiger partial charge in [-0.25, -0.2) is 23.1 Å². The summed E-state index contributed by atoms with van der Waals surface area (Å²) < 4.78 is 27.1. The van der Waals surface area contributed by atoms with Gasteiger partial charge in [-0.15, -0.1) is 0 Å². The van der Waals surface area contributed by atoms with Gasteiger partial charge in [-0.2, -0.15) is 0 Å². The maximum absolute atomic E-state index is 12.4. The zero-order valence-corrected chi connectivity index (χ0v) is 17.4. The third-order valence-electron chi connectivity index (χ3n) is 4.97. The fraction of sp³-hybridized carbons (Fsp3) is 0.421. The Morgan fingerprint density at radius 3 is 2.36 bits per heavy atom. The molecular formula is C19H25N5O2S2. The first kappa shape index (κ1) is 20.5. The van der Waals surface area contributed by atoms with E-state index < -0.39 is 10.0 Å². The third-order valence-corrected chi connectivity index (χ3v) is 6.54. The van der Waals surface area contributed by atoms with E-state index in [2.05, 4.69) is 32.2 Å². The van der Waals surface area contributed by atoms with Crippen LogP contribution in [-0.4, -0.2) is 29.5 Å². The Balaban J connectivity index is 1.54. The molecule has 0 atom stereocenters. The Bertz CT molecular complexity index is 880. The molecule has 3 N–H and O–H groups in total. The van der Waals surface area contributed by atoms with E-state index in [0.29, 0.717) is 11.2 Å². The van der Waals surface area contributed by atoms with Gasteiger partial charge >= 0.3 is 0 Å². The minimum atomic E-state index is -3.74. The second-order valence-electron chi connectivity index (χ2n) is 6.93. The molecule has 1 aromatic carbocycles. The number of nitrogens with one attached hydrogen (secondary N) is 3. The molecule has 3 rings (SSSR count). The van der Waals surface area contributed by atoms with Gasteiger partial charge in [0.1, 0.15) is 0 Å². The zero-order chi connectivity index (χ0) is 20.0. The zero-order valence-electron chi connectivity index (χ0n) is 15.8. The van der Waals surface area contributed by atoms with Crippen molar-refractivity contribution in [2.24, 2.45) is 5.92 Å². The highest BCUT2D eigenvalue weighted by molar-refractivity contribution is 7.92. The van der Waals surface area contributed by atoms with Crippen molar-refractivity contribution in [3.63, 3.8) is 0 Å². The first-order chi connectivity index (χ1) is 13.5. The molecule has 0 aliphatic heterocycles. The number of thiocarbonyl (C=S) groups is 1. The van der Waals surface area contributed by atoms with E-state index in [1.807, 2.05) is 0 Å². The van der Waals surface area contributed by atoms with Crippen LogP contribution in [0.2, 0.25) is 0 Å². The number of hydrogen-bond acceptors (Lipinski definition) is 5. The molecule has 0 radical (unpaired) electrons. The van der Waals surface area contributed by atoms with Crippen LogP contribution in [0.4, 0.5) is 11.6 Å². The lowest BCUT2D eigenvalue weighted by molar-refractivity contribution is 0.306. The van der Waals surface area contributed by atoms with E-state index in [-0.39, 0.29) is 10.8 Å². The predicted molar refractivity (Wildman–Crippen MR) is 115 cm³/mol. The molecule has 0 unspecified atom stereocenters. The summed E-state index contributed by atoms with van der Waals surface area (Å²) in [6.07, 6.45) is 8.93. The lowest BCUT2D eigenvalue weighted by Crippen LogP contribution is -2.39. The lowest BCUT2D eigenvalue weighted by atomic mass is 9.85. The topological polar surface area (TPSA) is 96.0 Å². The quantitative estimate of drug-likeness (QED) is 0.616. The third kappa shape index (κ3) is 5.62. The Kier molecular flexibility index (Phi) is 6.79. The van der Waals surface area contributed by atoms with Crippen LogP contribution in [-0.2, 0) is 10.0 Å². The van der Waals surface area contributed by atoms with Crippen molar-refractivity contribution in [3.05, 3.63) is 42.7 Å². The van der Waals surface area contributed by atoms with Gasteiger partial charge in [-0.3, -0.25) is 0 Å². The van der Waals surface area contributed by atoms with Gasteiger partial charge in [0, 0.05) is 24.1 Å². The van der Waals surface area contributed by atoms with Gasteiger partial charge < -0.3 is 10.6 Å². The van der Waals surface area contributed by atoms with Crippen LogP contribution in [0.3, 0.4) is 0 Å². The van der Waals surface area contributed by atoms with E-state index in [0.717, 1.165) is 24.4 Å². The van der Waals surface area contributed by atoms with Crippen molar-refractivity contribution in [1.29, 1.82) is 0 Å². The molecule has 1 saturated carbocycles. The molecule has 0 spiro atoms. The number of aromatic nitrogens is 2. The molecular weight excluding hydrogens is 394 g/mol. The molecule has 1 aliphatic carbocycles. The average molecular weight is 420 g/mol. The van der Waals surface area contributed by atoms with Crippen molar-refractivity contribution >= 4 is 39.0 Å². The highest BCUT2D eigenvalue weighted by Gasteiger charge is 2.20. The minimum Gasteiger partial charge on any atom is -0.360 e. The highest BCUT2D eigenvalue weighted by Crippen LogP contribution is 2.26. The number of nitrogens with zero attached hydrogens (tertiary/aromatic N) is 2. The summed E-state index contributed by atoms with van der Waals surface area (Å²) in [4.78, 5) is 7.87. The molecule has 1 fully saturated rings. The summed E-state index contributed by atoms with van der Waals surface area (Å²) in [5.74, 6) is 0.872. The first-order valence-electron chi connectivity index (χ1n) is 9.43. The van der Waals surface area contributed by atoms with Gasteiger partial charge in [-0.05, 0) is 74.2 Å². The standard InChI is InChI=1S/C19H25N5O2S2/c1-2-14-4-6-15(7-5-14)22-19(27)23-16-8-10-17(11-9-16)28(25,26)24-18-20-12-3-13-21-18/h3,8-15H,2,4-7H2,1H3,(H,20,21,24)(H2,22,23,27). The van der Waals surface area contributed by atoms with E-state index in [1.165, 1.54) is 43.8 Å². The second-order valence-corrected chi connectivity index (χ2v) is 9.02. The van der Waals surface area contributed by atoms with Gasteiger partial charge in [0.2, 0.25) is 5.95 Å². The largest absolute Gasteiger partial charge is 0.360 e. The molecule has 150 valence electrons. The first-order valence-corrected chi connectivity index (χ1v) is 11.3. The average Bonchev–Trinajstić information content (AvgIpc) is 2.69. The molecule has 1 aliphatic rings. The van der Waals surface area contributed by atoms with Crippen LogP contribution < -0.4 is 15.4 Å². The number of benzene rings is 1. The molecule has 0 amide bonds. The summed E-state index contributed by atoms with van der Waals surface area (Å²) >= 11 is 5.40. The van der Waals surface area contributed by atoms with Crippen LogP contribution in [0, 0.1) is 5.92 Å². The number of anilines is 2. The minimum absolute atomic E-state index is 0.0351. The van der Waals surface area contributed by atoms with Crippen LogP contribution >= 0.6 is 12.2 Å². The van der Waals surface area contributed by atoms with E-state index >= 15 is 0 Å². The Morgan fingerprint density at radius 2 is 1.75 bits per heavy atom. The van der Waals surface area contributed by atoms with Crippen molar-refractivity contribution < 1.29 is 8.42 Å². The maximum Gasteiger partial charge on any atom is 0.264 e. The number of sulfonamides is 1. The van der Waals surface area contributed by atoms with Crippen molar-refractivity contribution in [2.45, 2.75) is 50.0 Å². The van der Waals surface area contributed by atoms with Gasteiger partial charge in [0.15, 0.2) is 5.11 Å². The summed E-state index contributed by atoms with van der Waals surface area (Å²) in [7, 11) is -3.74. The lowest BCUT2D eigenvalue weighted by Gasteiger charge is -2.29. The SMILES string of the molecule is CCC1CCC(NC(=S)Nc2ccc(S(=O)(=O)Nc3ncccn3)cc2)CC1. The fourth-order valence-electron chi connectivity index (χ4n) is 3.32. The molecule has 28 heavy (non-hydrogen) atoms. The molecule has 0 saturated heterocycles. The Hall–Kier alpha value is -2.26. The van der Waals surface area contributed by atoms with E-state index in [4.69, 9.17) is 12.2 Å². The second kappa shape index (κ2) is 9.29. The fourth-order valence-corrected chi connectivity index (χ4v) is 4.56. The molecule has 2 aromatic rings. The summed E-state index contributed by atoms with van der Waals surface area (Å²) in [6.45, 7) is 2.25. The van der Waals surface area contributed by atoms with E-state index in [9.17, 15) is 8.42 Å². The predicted octanol–water partition coefficient (Wildman–Crippen LogP) is 3.53. The van der Waals surface area contributed by atoms with Crippen LogP contribution in [0.5, 0.6) is 0 Å². The molecule has 9 heteroatoms. The normalized spacial score (nSPS) is 19.6. The van der Waals surface area contributed by atoms with Crippen molar-refractivity contribution in [2.75, 3.05) is 10.0 Å². The van der Waals surface area contributed by atoms with Gasteiger partial charge in [0.05, 0.1) is 4.90 Å². The molecule has 0 bridgehead atoms. The molecule has 7 nitrogen and oxygen atoms in total. The maximum atomic E-state index is 12.4.